The van der Waals surface area contributed by atoms with Gasteiger partial charge in [-0.25, -0.2) is 9.18 Å². The van der Waals surface area contributed by atoms with Crippen molar-refractivity contribution in [1.29, 1.82) is 0 Å². The maximum Gasteiger partial charge on any atom is 0.315 e. The number of urea groups is 1. The fraction of sp³-hybridized carbons (Fsp3) is 0.500. The topological polar surface area (TPSA) is 41.1 Å². The first-order valence-electron chi connectivity index (χ1n) is 6.00. The lowest BCUT2D eigenvalue weighted by Gasteiger charge is -2.20. The van der Waals surface area contributed by atoms with Crippen LogP contribution in [-0.2, 0) is 6.54 Å². The highest BCUT2D eigenvalue weighted by Gasteiger charge is 2.13. The lowest BCUT2D eigenvalue weighted by atomic mass is 10.1. The van der Waals surface area contributed by atoms with Gasteiger partial charge in [0.25, 0.3) is 0 Å². The normalized spacial score (nSPS) is 11.2. The van der Waals surface area contributed by atoms with Gasteiger partial charge in [0.15, 0.2) is 0 Å². The van der Waals surface area contributed by atoms with Gasteiger partial charge in [-0.2, -0.15) is 0 Å². The molecule has 0 radical (unpaired) electrons. The van der Waals surface area contributed by atoms with Crippen LogP contribution in [0.25, 0.3) is 0 Å². The molecule has 0 aliphatic heterocycles. The number of rotatable bonds is 2. The van der Waals surface area contributed by atoms with Crippen molar-refractivity contribution in [1.82, 2.24) is 10.6 Å². The largest absolute Gasteiger partial charge is 0.334 e. The second-order valence-electron chi connectivity index (χ2n) is 5.60. The van der Waals surface area contributed by atoms with Crippen molar-refractivity contribution < 1.29 is 9.18 Å². The van der Waals surface area contributed by atoms with Crippen LogP contribution in [0, 0.1) is 19.7 Å². The summed E-state index contributed by atoms with van der Waals surface area (Å²) >= 11 is 0. The van der Waals surface area contributed by atoms with Gasteiger partial charge in [0.1, 0.15) is 5.82 Å². The predicted molar refractivity (Wildman–Crippen MR) is 71.0 cm³/mol. The lowest BCUT2D eigenvalue weighted by molar-refractivity contribution is 0.231. The number of nitrogens with one attached hydrogen (secondary N) is 2. The summed E-state index contributed by atoms with van der Waals surface area (Å²) in [6.45, 7) is 9.59. The quantitative estimate of drug-likeness (QED) is 0.834. The number of aryl methyl sites for hydroxylation is 2. The number of halogens is 1. The molecule has 0 bridgehead atoms. The van der Waals surface area contributed by atoms with Gasteiger partial charge < -0.3 is 10.6 Å². The molecule has 1 aromatic carbocycles. The third kappa shape index (κ3) is 4.35. The molecule has 0 unspecified atom stereocenters. The van der Waals surface area contributed by atoms with Crippen LogP contribution in [0.5, 0.6) is 0 Å². The van der Waals surface area contributed by atoms with E-state index in [1.54, 1.807) is 26.0 Å². The predicted octanol–water partition coefficient (Wildman–Crippen LogP) is 3.04. The maximum absolute atomic E-state index is 13.4. The summed E-state index contributed by atoms with van der Waals surface area (Å²) in [6.07, 6.45) is 0. The van der Waals surface area contributed by atoms with Crippen molar-refractivity contribution in [3.05, 3.63) is 34.6 Å². The fourth-order valence-corrected chi connectivity index (χ4v) is 1.70. The third-order valence-electron chi connectivity index (χ3n) is 2.44. The van der Waals surface area contributed by atoms with Crippen LogP contribution < -0.4 is 10.6 Å². The monoisotopic (exact) mass is 252 g/mol. The third-order valence-corrected chi connectivity index (χ3v) is 2.44. The zero-order valence-electron chi connectivity index (χ0n) is 11.6. The number of benzene rings is 1. The molecule has 2 N–H and O–H groups in total. The van der Waals surface area contributed by atoms with Crippen LogP contribution in [0.1, 0.15) is 37.5 Å². The summed E-state index contributed by atoms with van der Waals surface area (Å²) in [7, 11) is 0. The number of hydrogen-bond donors (Lipinski definition) is 2. The van der Waals surface area contributed by atoms with E-state index in [1.165, 1.54) is 0 Å². The molecule has 0 aliphatic carbocycles. The van der Waals surface area contributed by atoms with Gasteiger partial charge >= 0.3 is 6.03 Å². The van der Waals surface area contributed by atoms with E-state index >= 15 is 0 Å². The highest BCUT2D eigenvalue weighted by Crippen LogP contribution is 2.14. The Kier molecular flexibility index (Phi) is 4.33. The molecule has 0 aliphatic rings. The first-order valence-corrected chi connectivity index (χ1v) is 6.00. The highest BCUT2D eigenvalue weighted by atomic mass is 19.1. The molecule has 0 saturated heterocycles. The van der Waals surface area contributed by atoms with Crippen LogP contribution in [0.15, 0.2) is 12.1 Å². The summed E-state index contributed by atoms with van der Waals surface area (Å²) in [4.78, 5) is 11.6. The number of hydrogen-bond acceptors (Lipinski definition) is 1. The summed E-state index contributed by atoms with van der Waals surface area (Å²) in [5.74, 6) is -0.183. The minimum Gasteiger partial charge on any atom is -0.334 e. The average Bonchev–Trinajstić information content (AvgIpc) is 2.20. The van der Waals surface area contributed by atoms with Crippen LogP contribution in [0.2, 0.25) is 0 Å². The molecule has 100 valence electrons. The zero-order chi connectivity index (χ0) is 13.9. The first-order chi connectivity index (χ1) is 8.19. The standard InChI is InChI=1S/C14H21FN2O/c1-9-6-11(7-10(2)12(9)15)8-16-13(18)17-14(3,4)5/h6-7H,8H2,1-5H3,(H2,16,17,18). The molecule has 0 saturated carbocycles. The van der Waals surface area contributed by atoms with Gasteiger partial charge in [0.05, 0.1) is 0 Å². The van der Waals surface area contributed by atoms with Crippen LogP contribution in [-0.4, -0.2) is 11.6 Å². The number of carbonyl (C=O) groups is 1. The minimum absolute atomic E-state index is 0.183. The SMILES string of the molecule is Cc1cc(CNC(=O)NC(C)(C)C)cc(C)c1F. The van der Waals surface area contributed by atoms with Crippen molar-refractivity contribution in [3.8, 4) is 0 Å². The highest BCUT2D eigenvalue weighted by molar-refractivity contribution is 5.74. The van der Waals surface area contributed by atoms with E-state index in [1.807, 2.05) is 20.8 Å². The second kappa shape index (κ2) is 5.38. The Morgan fingerprint density at radius 2 is 1.72 bits per heavy atom. The molecule has 4 heteroatoms. The van der Waals surface area contributed by atoms with Gasteiger partial charge in [-0.15, -0.1) is 0 Å². The number of amides is 2. The van der Waals surface area contributed by atoms with Crippen molar-refractivity contribution in [2.24, 2.45) is 0 Å². The smallest absolute Gasteiger partial charge is 0.315 e. The van der Waals surface area contributed by atoms with E-state index < -0.39 is 0 Å². The van der Waals surface area contributed by atoms with E-state index in [4.69, 9.17) is 0 Å². The van der Waals surface area contributed by atoms with Crippen LogP contribution in [0.4, 0.5) is 9.18 Å². The van der Waals surface area contributed by atoms with Gasteiger partial charge in [-0.1, -0.05) is 12.1 Å². The van der Waals surface area contributed by atoms with E-state index in [-0.39, 0.29) is 17.4 Å². The van der Waals surface area contributed by atoms with Crippen LogP contribution in [0.3, 0.4) is 0 Å². The molecule has 0 spiro atoms. The Morgan fingerprint density at radius 1 is 1.22 bits per heavy atom. The van der Waals surface area contributed by atoms with Crippen molar-refractivity contribution in [2.75, 3.05) is 0 Å². The molecule has 0 heterocycles. The van der Waals surface area contributed by atoms with Crippen molar-refractivity contribution in [3.63, 3.8) is 0 Å². The van der Waals surface area contributed by atoms with E-state index in [0.717, 1.165) is 5.56 Å². The van der Waals surface area contributed by atoms with Crippen molar-refractivity contribution in [2.45, 2.75) is 46.7 Å². The van der Waals surface area contributed by atoms with Gasteiger partial charge in [-0.05, 0) is 51.3 Å². The van der Waals surface area contributed by atoms with E-state index in [0.29, 0.717) is 17.7 Å². The zero-order valence-corrected chi connectivity index (χ0v) is 11.6. The van der Waals surface area contributed by atoms with Gasteiger partial charge in [0.2, 0.25) is 0 Å². The first kappa shape index (κ1) is 14.5. The fourth-order valence-electron chi connectivity index (χ4n) is 1.70. The Balaban J connectivity index is 2.62. The molecule has 0 fully saturated rings. The molecule has 0 atom stereocenters. The van der Waals surface area contributed by atoms with Gasteiger partial charge in [0, 0.05) is 12.1 Å². The Bertz CT molecular complexity index is 427. The molecule has 18 heavy (non-hydrogen) atoms. The summed E-state index contributed by atoms with van der Waals surface area (Å²) in [5.41, 5.74) is 1.83. The molecular weight excluding hydrogens is 231 g/mol. The maximum atomic E-state index is 13.4. The lowest BCUT2D eigenvalue weighted by Crippen LogP contribution is -2.46. The summed E-state index contributed by atoms with van der Waals surface area (Å²) in [5, 5.41) is 5.56. The molecule has 1 aromatic rings. The van der Waals surface area contributed by atoms with E-state index in [9.17, 15) is 9.18 Å². The second-order valence-corrected chi connectivity index (χ2v) is 5.60. The van der Waals surface area contributed by atoms with Crippen molar-refractivity contribution >= 4 is 6.03 Å². The van der Waals surface area contributed by atoms with Gasteiger partial charge in [-0.3, -0.25) is 0 Å². The summed E-state index contributed by atoms with van der Waals surface area (Å²) < 4.78 is 13.4. The minimum atomic E-state index is -0.265. The average molecular weight is 252 g/mol. The van der Waals surface area contributed by atoms with Crippen LogP contribution >= 0.6 is 0 Å². The molecular formula is C14H21FN2O. The molecule has 1 rings (SSSR count). The van der Waals surface area contributed by atoms with E-state index in [2.05, 4.69) is 10.6 Å². The Hall–Kier alpha value is -1.58. The molecule has 0 aromatic heterocycles. The Labute approximate surface area is 108 Å². The Morgan fingerprint density at radius 3 is 2.17 bits per heavy atom. The summed E-state index contributed by atoms with van der Waals surface area (Å²) in [6, 6.07) is 3.28. The molecule has 2 amide bonds. The number of carbonyl (C=O) groups excluding carboxylic acids is 1. The molecule has 3 nitrogen and oxygen atoms in total.